The summed E-state index contributed by atoms with van der Waals surface area (Å²) >= 11 is 0. The van der Waals surface area contributed by atoms with Gasteiger partial charge in [-0.1, -0.05) is 37.8 Å². The molecule has 0 atom stereocenters. The Morgan fingerprint density at radius 1 is 1.30 bits per heavy atom. The van der Waals surface area contributed by atoms with Crippen molar-refractivity contribution >= 4 is 0 Å². The fraction of sp³-hybridized carbons (Fsp3) is 0.200. The molecule has 0 aliphatic heterocycles. The van der Waals surface area contributed by atoms with E-state index < -0.39 is 0 Å². The van der Waals surface area contributed by atoms with Gasteiger partial charge in [0.05, 0.1) is 0 Å². The van der Waals surface area contributed by atoms with Crippen LogP contribution in [0, 0.1) is 6.08 Å². The molecule has 0 unspecified atom stereocenters. The van der Waals surface area contributed by atoms with Gasteiger partial charge in [-0.15, -0.1) is 0 Å². The lowest BCUT2D eigenvalue weighted by Crippen LogP contribution is -1.78. The van der Waals surface area contributed by atoms with Gasteiger partial charge in [-0.3, -0.25) is 0 Å². The number of benzene rings is 1. The van der Waals surface area contributed by atoms with E-state index in [4.69, 9.17) is 0 Å². The zero-order valence-corrected chi connectivity index (χ0v) is 6.22. The van der Waals surface area contributed by atoms with Crippen LogP contribution in [-0.2, 0) is 6.42 Å². The Morgan fingerprint density at radius 3 is 2.30 bits per heavy atom. The quantitative estimate of drug-likeness (QED) is 0.578. The van der Waals surface area contributed by atoms with E-state index in [-0.39, 0.29) is 0 Å². The number of hydrogen-bond donors (Lipinski definition) is 0. The Labute approximate surface area is 62.2 Å². The monoisotopic (exact) mass is 131 g/mol. The summed E-state index contributed by atoms with van der Waals surface area (Å²) in [4.78, 5) is 0. The zero-order valence-electron chi connectivity index (χ0n) is 6.22. The lowest BCUT2D eigenvalue weighted by Gasteiger charge is -1.94. The van der Waals surface area contributed by atoms with E-state index >= 15 is 0 Å². The molecule has 0 saturated carbocycles. The molecule has 0 fully saturated rings. The third kappa shape index (κ3) is 1.47. The minimum atomic E-state index is 1.07. The van der Waals surface area contributed by atoms with Crippen LogP contribution in [-0.4, -0.2) is 0 Å². The van der Waals surface area contributed by atoms with Crippen LogP contribution >= 0.6 is 0 Å². The van der Waals surface area contributed by atoms with Gasteiger partial charge < -0.3 is 0 Å². The summed E-state index contributed by atoms with van der Waals surface area (Å²) in [6.07, 6.45) is 3.92. The maximum atomic E-state index is 3.56. The summed E-state index contributed by atoms with van der Waals surface area (Å²) < 4.78 is 0. The lowest BCUT2D eigenvalue weighted by atomic mass is 10.1. The average Bonchev–Trinajstić information content (AvgIpc) is 2.05. The van der Waals surface area contributed by atoms with Gasteiger partial charge in [-0.25, -0.2) is 0 Å². The standard InChI is InChI=1S/C10H11/c1-3-9-5-7-10(4-2)8-6-9/h5-8H,1,4H2,2H3. The van der Waals surface area contributed by atoms with Gasteiger partial charge in [0.1, 0.15) is 0 Å². The molecular formula is C10H11. The van der Waals surface area contributed by atoms with Crippen LogP contribution in [0.3, 0.4) is 0 Å². The van der Waals surface area contributed by atoms with Crippen molar-refractivity contribution < 1.29 is 0 Å². The van der Waals surface area contributed by atoms with E-state index in [1.807, 2.05) is 12.1 Å². The molecule has 0 aliphatic rings. The molecule has 0 saturated heterocycles. The summed E-state index contributed by atoms with van der Waals surface area (Å²) in [7, 11) is 0. The van der Waals surface area contributed by atoms with Gasteiger partial charge in [0, 0.05) is 0 Å². The molecule has 0 heteroatoms. The SMILES string of the molecule is C=[C]c1ccc(CC)cc1. The topological polar surface area (TPSA) is 0 Å². The first-order valence-electron chi connectivity index (χ1n) is 3.49. The smallest absolute Gasteiger partial charge is 0.0183 e. The highest BCUT2D eigenvalue weighted by Gasteiger charge is 1.86. The molecule has 1 aromatic carbocycles. The van der Waals surface area contributed by atoms with Gasteiger partial charge in [0.25, 0.3) is 0 Å². The lowest BCUT2D eigenvalue weighted by molar-refractivity contribution is 1.14. The number of aryl methyl sites for hydroxylation is 1. The first kappa shape index (κ1) is 7.07. The predicted octanol–water partition coefficient (Wildman–Crippen LogP) is 2.59. The van der Waals surface area contributed by atoms with Crippen molar-refractivity contribution in [3.05, 3.63) is 48.0 Å². The highest BCUT2D eigenvalue weighted by Crippen LogP contribution is 2.03. The van der Waals surface area contributed by atoms with Crippen molar-refractivity contribution in [1.29, 1.82) is 0 Å². The van der Waals surface area contributed by atoms with Crippen LogP contribution in [0.4, 0.5) is 0 Å². The van der Waals surface area contributed by atoms with E-state index in [1.54, 1.807) is 0 Å². The predicted molar refractivity (Wildman–Crippen MR) is 43.8 cm³/mol. The number of hydrogen-bond acceptors (Lipinski definition) is 0. The summed E-state index contributed by atoms with van der Waals surface area (Å²) in [5.74, 6) is 0. The van der Waals surface area contributed by atoms with Crippen molar-refractivity contribution in [2.75, 3.05) is 0 Å². The molecule has 0 aliphatic carbocycles. The Hall–Kier alpha value is -1.04. The van der Waals surface area contributed by atoms with Crippen LogP contribution in [0.25, 0.3) is 0 Å². The molecule has 1 rings (SSSR count). The molecular weight excluding hydrogens is 120 g/mol. The molecule has 1 radical (unpaired) electrons. The Balaban J connectivity index is 2.90. The molecule has 10 heavy (non-hydrogen) atoms. The zero-order chi connectivity index (χ0) is 7.40. The van der Waals surface area contributed by atoms with Gasteiger partial charge in [-0.05, 0) is 23.6 Å². The molecule has 1 aromatic rings. The Kier molecular flexibility index (Phi) is 2.27. The van der Waals surface area contributed by atoms with Crippen LogP contribution in [0.15, 0.2) is 30.8 Å². The first-order chi connectivity index (χ1) is 4.86. The van der Waals surface area contributed by atoms with Crippen molar-refractivity contribution in [2.24, 2.45) is 0 Å². The molecule has 0 aromatic heterocycles. The maximum Gasteiger partial charge on any atom is -0.0183 e. The molecule has 0 N–H and O–H groups in total. The van der Waals surface area contributed by atoms with Gasteiger partial charge in [0.2, 0.25) is 0 Å². The van der Waals surface area contributed by atoms with Gasteiger partial charge >= 0.3 is 0 Å². The fourth-order valence-corrected chi connectivity index (χ4v) is 0.858. The molecule has 51 valence electrons. The minimum absolute atomic E-state index is 1.07. The van der Waals surface area contributed by atoms with Crippen molar-refractivity contribution in [2.45, 2.75) is 13.3 Å². The molecule has 0 amide bonds. The van der Waals surface area contributed by atoms with Crippen LogP contribution in [0.1, 0.15) is 18.1 Å². The normalized spacial score (nSPS) is 9.30. The summed E-state index contributed by atoms with van der Waals surface area (Å²) in [6, 6.07) is 8.28. The third-order valence-electron chi connectivity index (χ3n) is 1.57. The van der Waals surface area contributed by atoms with Gasteiger partial charge in [0.15, 0.2) is 0 Å². The van der Waals surface area contributed by atoms with E-state index in [2.05, 4.69) is 31.7 Å². The first-order valence-corrected chi connectivity index (χ1v) is 3.49. The van der Waals surface area contributed by atoms with Crippen LogP contribution in [0.5, 0.6) is 0 Å². The van der Waals surface area contributed by atoms with E-state index in [9.17, 15) is 0 Å². The highest BCUT2D eigenvalue weighted by molar-refractivity contribution is 5.25. The van der Waals surface area contributed by atoms with Gasteiger partial charge in [-0.2, -0.15) is 0 Å². The Bertz CT molecular complexity index is 206. The third-order valence-corrected chi connectivity index (χ3v) is 1.57. The maximum absolute atomic E-state index is 3.56. The van der Waals surface area contributed by atoms with E-state index in [0.717, 1.165) is 12.0 Å². The Morgan fingerprint density at radius 2 is 1.90 bits per heavy atom. The second kappa shape index (κ2) is 3.21. The largest absolute Gasteiger partial charge is 0.0906 e. The molecule has 0 bridgehead atoms. The van der Waals surface area contributed by atoms with Crippen molar-refractivity contribution in [1.82, 2.24) is 0 Å². The summed E-state index contributed by atoms with van der Waals surface area (Å²) in [5, 5.41) is 0. The minimum Gasteiger partial charge on any atom is -0.0906 e. The molecule has 0 spiro atoms. The van der Waals surface area contributed by atoms with Crippen LogP contribution in [0.2, 0.25) is 0 Å². The van der Waals surface area contributed by atoms with E-state index in [1.165, 1.54) is 5.56 Å². The second-order valence-electron chi connectivity index (χ2n) is 2.23. The van der Waals surface area contributed by atoms with E-state index in [0.29, 0.717) is 0 Å². The summed E-state index contributed by atoms with van der Waals surface area (Å²) in [6.45, 7) is 5.71. The summed E-state index contributed by atoms with van der Waals surface area (Å²) in [5.41, 5.74) is 2.43. The van der Waals surface area contributed by atoms with Crippen molar-refractivity contribution in [3.8, 4) is 0 Å². The number of rotatable bonds is 2. The second-order valence-corrected chi connectivity index (χ2v) is 2.23. The highest BCUT2D eigenvalue weighted by atomic mass is 13.9. The molecule has 0 nitrogen and oxygen atoms in total. The van der Waals surface area contributed by atoms with Crippen LogP contribution < -0.4 is 0 Å². The molecule has 0 heterocycles. The fourth-order valence-electron chi connectivity index (χ4n) is 0.858. The average molecular weight is 131 g/mol. The van der Waals surface area contributed by atoms with Crippen molar-refractivity contribution in [3.63, 3.8) is 0 Å².